The second kappa shape index (κ2) is 3.56. The molecule has 0 amide bonds. The Kier molecular flexibility index (Phi) is 2.35. The number of benzene rings is 1. The van der Waals surface area contributed by atoms with Gasteiger partial charge >= 0.3 is 0 Å². The van der Waals surface area contributed by atoms with Crippen LogP contribution in [-0.2, 0) is 22.7 Å². The maximum atomic E-state index is 12.2. The molecule has 2 atom stereocenters. The molecule has 1 aliphatic carbocycles. The van der Waals surface area contributed by atoms with Gasteiger partial charge in [-0.25, -0.2) is 8.42 Å². The lowest BCUT2D eigenvalue weighted by atomic mass is 9.93. The minimum absolute atomic E-state index is 0.00644. The molecule has 1 heterocycles. The highest BCUT2D eigenvalue weighted by atomic mass is 32.2. The summed E-state index contributed by atoms with van der Waals surface area (Å²) in [6.45, 7) is 1.92. The highest BCUT2D eigenvalue weighted by Crippen LogP contribution is 2.38. The molecule has 2 N–H and O–H groups in total. The van der Waals surface area contributed by atoms with Crippen molar-refractivity contribution in [3.8, 4) is 0 Å². The van der Waals surface area contributed by atoms with Crippen LogP contribution < -0.4 is 5.73 Å². The lowest BCUT2D eigenvalue weighted by Gasteiger charge is -2.29. The van der Waals surface area contributed by atoms with Crippen LogP contribution in [0.2, 0.25) is 0 Å². The molecular formula is C13H17NO2S. The number of aryl methyl sites for hydroxylation is 2. The van der Waals surface area contributed by atoms with E-state index in [2.05, 4.69) is 0 Å². The summed E-state index contributed by atoms with van der Waals surface area (Å²) in [6.07, 6.45) is 3.19. The van der Waals surface area contributed by atoms with Gasteiger partial charge in [-0.05, 0) is 47.9 Å². The smallest absolute Gasteiger partial charge is 0.179 e. The maximum Gasteiger partial charge on any atom is 0.179 e. The predicted molar refractivity (Wildman–Crippen MR) is 66.6 cm³/mol. The second-order valence-electron chi connectivity index (χ2n) is 5.30. The molecular weight excluding hydrogens is 234 g/mol. The molecule has 1 aromatic rings. The van der Waals surface area contributed by atoms with Gasteiger partial charge in [0.25, 0.3) is 0 Å². The standard InChI is InChI=1S/C13H17NO2S/c1-8-7-17(15,16)12-6-10-4-2-3-9(10)5-11(12)13(8)14/h5-6,8,13H,2-4,7,14H2,1H3. The molecule has 0 saturated carbocycles. The van der Waals surface area contributed by atoms with E-state index in [1.165, 1.54) is 11.1 Å². The highest BCUT2D eigenvalue weighted by molar-refractivity contribution is 7.91. The first-order valence-electron chi connectivity index (χ1n) is 6.13. The van der Waals surface area contributed by atoms with E-state index in [4.69, 9.17) is 5.73 Å². The first-order valence-corrected chi connectivity index (χ1v) is 7.78. The third-order valence-electron chi connectivity index (χ3n) is 4.01. The van der Waals surface area contributed by atoms with Crippen LogP contribution in [0.25, 0.3) is 0 Å². The Morgan fingerprint density at radius 3 is 2.59 bits per heavy atom. The number of sulfone groups is 1. The van der Waals surface area contributed by atoms with Crippen molar-refractivity contribution >= 4 is 9.84 Å². The molecule has 3 rings (SSSR count). The largest absolute Gasteiger partial charge is 0.324 e. The van der Waals surface area contributed by atoms with Crippen molar-refractivity contribution in [3.05, 3.63) is 28.8 Å². The SMILES string of the molecule is CC1CS(=O)(=O)c2cc3c(cc2C1N)CCC3. The number of rotatable bonds is 0. The van der Waals surface area contributed by atoms with Crippen LogP contribution in [0.3, 0.4) is 0 Å². The summed E-state index contributed by atoms with van der Waals surface area (Å²) in [6, 6.07) is 3.77. The van der Waals surface area contributed by atoms with Gasteiger partial charge < -0.3 is 5.73 Å². The summed E-state index contributed by atoms with van der Waals surface area (Å²) in [5.41, 5.74) is 9.48. The Morgan fingerprint density at radius 1 is 1.24 bits per heavy atom. The van der Waals surface area contributed by atoms with Gasteiger partial charge in [0, 0.05) is 6.04 Å². The fourth-order valence-electron chi connectivity index (χ4n) is 3.00. The molecule has 4 heteroatoms. The van der Waals surface area contributed by atoms with Gasteiger partial charge in [-0.3, -0.25) is 0 Å². The highest BCUT2D eigenvalue weighted by Gasteiger charge is 2.34. The van der Waals surface area contributed by atoms with Crippen LogP contribution in [0.4, 0.5) is 0 Å². The van der Waals surface area contributed by atoms with Gasteiger partial charge in [0.15, 0.2) is 9.84 Å². The van der Waals surface area contributed by atoms with Gasteiger partial charge in [-0.2, -0.15) is 0 Å². The zero-order valence-corrected chi connectivity index (χ0v) is 10.8. The number of nitrogens with two attached hydrogens (primary N) is 1. The minimum Gasteiger partial charge on any atom is -0.324 e. The van der Waals surface area contributed by atoms with E-state index in [1.54, 1.807) is 0 Å². The monoisotopic (exact) mass is 251 g/mol. The van der Waals surface area contributed by atoms with Crippen LogP contribution in [-0.4, -0.2) is 14.2 Å². The van der Waals surface area contributed by atoms with Crippen molar-refractivity contribution in [1.29, 1.82) is 0 Å². The topological polar surface area (TPSA) is 60.2 Å². The Labute approximate surface area is 102 Å². The Bertz CT molecular complexity index is 577. The summed E-state index contributed by atoms with van der Waals surface area (Å²) in [5.74, 6) is 0.187. The molecule has 0 saturated heterocycles. The molecule has 0 spiro atoms. The number of hydrogen-bond donors (Lipinski definition) is 1. The summed E-state index contributed by atoms with van der Waals surface area (Å²) < 4.78 is 24.3. The van der Waals surface area contributed by atoms with Crippen molar-refractivity contribution in [2.24, 2.45) is 11.7 Å². The number of hydrogen-bond acceptors (Lipinski definition) is 3. The lowest BCUT2D eigenvalue weighted by molar-refractivity contribution is 0.478. The average Bonchev–Trinajstić information content (AvgIpc) is 2.71. The predicted octanol–water partition coefficient (Wildman–Crippen LogP) is 1.60. The van der Waals surface area contributed by atoms with E-state index in [0.29, 0.717) is 4.90 Å². The van der Waals surface area contributed by atoms with Crippen molar-refractivity contribution < 1.29 is 8.42 Å². The molecule has 0 bridgehead atoms. The van der Waals surface area contributed by atoms with Crippen molar-refractivity contribution in [1.82, 2.24) is 0 Å². The third-order valence-corrected chi connectivity index (χ3v) is 6.00. The van der Waals surface area contributed by atoms with E-state index in [-0.39, 0.29) is 17.7 Å². The van der Waals surface area contributed by atoms with Crippen LogP contribution >= 0.6 is 0 Å². The molecule has 1 aromatic carbocycles. The summed E-state index contributed by atoms with van der Waals surface area (Å²) in [7, 11) is -3.13. The first-order chi connectivity index (χ1) is 7.99. The van der Waals surface area contributed by atoms with Crippen LogP contribution in [0.1, 0.15) is 36.1 Å². The summed E-state index contributed by atoms with van der Waals surface area (Å²) in [5, 5.41) is 0. The first kappa shape index (κ1) is 11.2. The molecule has 0 radical (unpaired) electrons. The Morgan fingerprint density at radius 2 is 1.88 bits per heavy atom. The van der Waals surface area contributed by atoms with E-state index in [1.807, 2.05) is 19.1 Å². The van der Waals surface area contributed by atoms with E-state index in [9.17, 15) is 8.42 Å². The zero-order chi connectivity index (χ0) is 12.2. The fraction of sp³-hybridized carbons (Fsp3) is 0.538. The molecule has 0 aromatic heterocycles. The van der Waals surface area contributed by atoms with Crippen LogP contribution in [0, 0.1) is 5.92 Å². The summed E-state index contributed by atoms with van der Waals surface area (Å²) >= 11 is 0. The van der Waals surface area contributed by atoms with Crippen molar-refractivity contribution in [3.63, 3.8) is 0 Å². The van der Waals surface area contributed by atoms with Gasteiger partial charge in [0.2, 0.25) is 0 Å². The second-order valence-corrected chi connectivity index (χ2v) is 7.30. The van der Waals surface area contributed by atoms with Gasteiger partial charge in [-0.15, -0.1) is 0 Å². The molecule has 1 aliphatic heterocycles. The van der Waals surface area contributed by atoms with Gasteiger partial charge in [0.05, 0.1) is 10.6 Å². The molecule has 2 unspecified atom stereocenters. The van der Waals surface area contributed by atoms with E-state index >= 15 is 0 Å². The van der Waals surface area contributed by atoms with Crippen molar-refractivity contribution in [2.75, 3.05) is 5.75 Å². The summed E-state index contributed by atoms with van der Waals surface area (Å²) in [4.78, 5) is 0.490. The van der Waals surface area contributed by atoms with Crippen LogP contribution in [0.5, 0.6) is 0 Å². The van der Waals surface area contributed by atoms with E-state index < -0.39 is 9.84 Å². The van der Waals surface area contributed by atoms with Crippen LogP contribution in [0.15, 0.2) is 17.0 Å². The lowest BCUT2D eigenvalue weighted by Crippen LogP contribution is -2.32. The molecule has 3 nitrogen and oxygen atoms in total. The molecule has 17 heavy (non-hydrogen) atoms. The van der Waals surface area contributed by atoms with Gasteiger partial charge in [0.1, 0.15) is 0 Å². The maximum absolute atomic E-state index is 12.2. The van der Waals surface area contributed by atoms with E-state index in [0.717, 1.165) is 24.8 Å². The fourth-order valence-corrected chi connectivity index (χ4v) is 4.95. The quantitative estimate of drug-likeness (QED) is 0.762. The third kappa shape index (κ3) is 1.62. The van der Waals surface area contributed by atoms with Gasteiger partial charge in [-0.1, -0.05) is 13.0 Å². The molecule has 92 valence electrons. The Balaban J connectivity index is 2.26. The Hall–Kier alpha value is -0.870. The average molecular weight is 251 g/mol. The number of fused-ring (bicyclic) bond motifs is 2. The minimum atomic E-state index is -3.13. The zero-order valence-electron chi connectivity index (χ0n) is 9.94. The normalized spacial score (nSPS) is 29.8. The molecule has 2 aliphatic rings. The molecule has 0 fully saturated rings. The van der Waals surface area contributed by atoms with Crippen molar-refractivity contribution in [2.45, 2.75) is 37.1 Å².